The molecule has 0 saturated carbocycles. The summed E-state index contributed by atoms with van der Waals surface area (Å²) in [5, 5.41) is 2.81. The lowest BCUT2D eigenvalue weighted by molar-refractivity contribution is 1.49. The van der Waals surface area contributed by atoms with E-state index in [4.69, 9.17) is 0 Å². The largest absolute Gasteiger partial charge is 0.187 e. The van der Waals surface area contributed by atoms with Gasteiger partial charge in [0.05, 0.1) is 0 Å². The SMILES string of the molecule is Cc1ccc(-[s+]2c3ccc(I)cc3c3cc(I)ccc32)cc1. The lowest BCUT2D eigenvalue weighted by Gasteiger charge is -1.95. The van der Waals surface area contributed by atoms with Crippen molar-refractivity contribution >= 4 is 75.8 Å². The van der Waals surface area contributed by atoms with Crippen LogP contribution in [0, 0.1) is 14.1 Å². The molecule has 0 aliphatic carbocycles. The molecule has 1 heterocycles. The van der Waals surface area contributed by atoms with Gasteiger partial charge in [-0.3, -0.25) is 0 Å². The van der Waals surface area contributed by atoms with Gasteiger partial charge in [0, 0.05) is 28.4 Å². The fraction of sp³-hybridized carbons (Fsp3) is 0.0526. The standard InChI is InChI=1S/C19H13I2S/c1-12-2-6-15(7-3-12)22-18-8-4-13(20)10-16(18)17-11-14(21)5-9-19(17)22/h2-11H,1H3/q+1. The molecule has 108 valence electrons. The lowest BCUT2D eigenvalue weighted by atomic mass is 10.2. The average molecular weight is 527 g/mol. The first kappa shape index (κ1) is 14.9. The van der Waals surface area contributed by atoms with Gasteiger partial charge in [0.25, 0.3) is 0 Å². The summed E-state index contributed by atoms with van der Waals surface area (Å²) in [4.78, 5) is 1.41. The van der Waals surface area contributed by atoms with Crippen molar-refractivity contribution in [2.24, 2.45) is 0 Å². The van der Waals surface area contributed by atoms with E-state index in [1.165, 1.54) is 37.8 Å². The Labute approximate surface area is 159 Å². The van der Waals surface area contributed by atoms with Gasteiger partial charge in [-0.25, -0.2) is 0 Å². The fourth-order valence-corrected chi connectivity index (χ4v) is 6.15. The van der Waals surface area contributed by atoms with E-state index in [0.717, 1.165) is 0 Å². The van der Waals surface area contributed by atoms with E-state index >= 15 is 0 Å². The summed E-state index contributed by atoms with van der Waals surface area (Å²) in [5.41, 5.74) is 1.32. The van der Waals surface area contributed by atoms with Gasteiger partial charge in [0.15, 0.2) is 14.3 Å². The number of benzene rings is 3. The van der Waals surface area contributed by atoms with Gasteiger partial charge in [-0.1, -0.05) is 17.7 Å². The molecule has 4 rings (SSSR count). The first-order valence-electron chi connectivity index (χ1n) is 7.04. The second-order valence-electron chi connectivity index (χ2n) is 5.40. The Morgan fingerprint density at radius 2 is 1.18 bits per heavy atom. The van der Waals surface area contributed by atoms with E-state index in [2.05, 4.69) is 113 Å². The van der Waals surface area contributed by atoms with Crippen LogP contribution in [0.3, 0.4) is 0 Å². The Bertz CT molecular complexity index is 938. The average Bonchev–Trinajstić information content (AvgIpc) is 2.81. The third kappa shape index (κ3) is 2.47. The fourth-order valence-electron chi connectivity index (χ4n) is 2.83. The summed E-state index contributed by atoms with van der Waals surface area (Å²) in [5.74, 6) is 0. The van der Waals surface area contributed by atoms with Crippen LogP contribution in [-0.4, -0.2) is 0 Å². The van der Waals surface area contributed by atoms with Gasteiger partial charge in [-0.2, -0.15) is 0 Å². The second kappa shape index (κ2) is 5.76. The quantitative estimate of drug-likeness (QED) is 0.181. The molecule has 1 aromatic heterocycles. The van der Waals surface area contributed by atoms with E-state index in [0.29, 0.717) is 0 Å². The number of rotatable bonds is 1. The van der Waals surface area contributed by atoms with Crippen molar-refractivity contribution in [3.05, 3.63) is 73.4 Å². The third-order valence-corrected chi connectivity index (χ3v) is 7.55. The van der Waals surface area contributed by atoms with Crippen molar-refractivity contribution in [2.75, 3.05) is 0 Å². The van der Waals surface area contributed by atoms with Gasteiger partial charge < -0.3 is 0 Å². The third-order valence-electron chi connectivity index (χ3n) is 3.87. The molecule has 0 bridgehead atoms. The Morgan fingerprint density at radius 3 is 1.68 bits per heavy atom. The molecule has 0 aliphatic heterocycles. The zero-order valence-corrected chi connectivity index (χ0v) is 17.1. The molecule has 0 radical (unpaired) electrons. The van der Waals surface area contributed by atoms with Crippen LogP contribution in [-0.2, 0) is 0 Å². The minimum Gasteiger partial charge on any atom is -0.0539 e. The van der Waals surface area contributed by atoms with Crippen LogP contribution in [0.2, 0.25) is 0 Å². The highest BCUT2D eigenvalue weighted by atomic mass is 127. The van der Waals surface area contributed by atoms with Crippen LogP contribution in [0.1, 0.15) is 5.56 Å². The van der Waals surface area contributed by atoms with Crippen LogP contribution >= 0.6 is 55.7 Å². The van der Waals surface area contributed by atoms with Crippen molar-refractivity contribution in [1.82, 2.24) is 0 Å². The minimum atomic E-state index is 0.0280. The van der Waals surface area contributed by atoms with Gasteiger partial charge >= 0.3 is 0 Å². The summed E-state index contributed by atoms with van der Waals surface area (Å²) in [6, 6.07) is 22.7. The smallest absolute Gasteiger partial charge is 0.0539 e. The molecule has 22 heavy (non-hydrogen) atoms. The van der Waals surface area contributed by atoms with Crippen LogP contribution in [0.5, 0.6) is 0 Å². The topological polar surface area (TPSA) is 0 Å². The number of halogens is 2. The molecule has 0 aliphatic rings. The Kier molecular flexibility index (Phi) is 3.90. The van der Waals surface area contributed by atoms with E-state index in [1.54, 1.807) is 0 Å². The zero-order chi connectivity index (χ0) is 15.3. The number of fused-ring (bicyclic) bond motifs is 3. The van der Waals surface area contributed by atoms with Crippen LogP contribution < -0.4 is 0 Å². The number of hydrogen-bond acceptors (Lipinski definition) is 0. The molecule has 3 heteroatoms. The number of thiophene rings is 1. The van der Waals surface area contributed by atoms with E-state index in [1.807, 2.05) is 0 Å². The zero-order valence-electron chi connectivity index (χ0n) is 11.9. The lowest BCUT2D eigenvalue weighted by Crippen LogP contribution is -1.73. The minimum absolute atomic E-state index is 0.0280. The Morgan fingerprint density at radius 1 is 0.682 bits per heavy atom. The maximum absolute atomic E-state index is 2.41. The molecule has 0 spiro atoms. The summed E-state index contributed by atoms with van der Waals surface area (Å²) in [6.07, 6.45) is 0. The predicted molar refractivity (Wildman–Crippen MR) is 115 cm³/mol. The molecule has 0 atom stereocenters. The number of hydrogen-bond donors (Lipinski definition) is 0. The monoisotopic (exact) mass is 527 g/mol. The molecular weight excluding hydrogens is 514 g/mol. The van der Waals surface area contributed by atoms with Crippen LogP contribution in [0.15, 0.2) is 60.7 Å². The van der Waals surface area contributed by atoms with Gasteiger partial charge in [-0.05, 0) is 101 Å². The highest BCUT2D eigenvalue weighted by molar-refractivity contribution is 14.1. The normalized spacial score (nSPS) is 11.4. The van der Waals surface area contributed by atoms with Crippen molar-refractivity contribution in [3.63, 3.8) is 0 Å². The maximum atomic E-state index is 2.41. The first-order chi connectivity index (χ1) is 10.6. The van der Waals surface area contributed by atoms with Crippen molar-refractivity contribution in [2.45, 2.75) is 6.92 Å². The molecule has 4 aromatic rings. The summed E-state index contributed by atoms with van der Waals surface area (Å²) in [7, 11) is 0.0280. The van der Waals surface area contributed by atoms with E-state index < -0.39 is 0 Å². The molecule has 3 aromatic carbocycles. The molecule has 0 nitrogen and oxygen atoms in total. The molecule has 0 fully saturated rings. The summed E-state index contributed by atoms with van der Waals surface area (Å²) >= 11 is 4.82. The highest BCUT2D eigenvalue weighted by Gasteiger charge is 2.23. The number of aryl methyl sites for hydroxylation is 1. The van der Waals surface area contributed by atoms with Crippen molar-refractivity contribution < 1.29 is 0 Å². The molecular formula is C19H13I2S+. The Balaban J connectivity index is 2.17. The predicted octanol–water partition coefficient (Wildman–Crippen LogP) is 7.25. The highest BCUT2D eigenvalue weighted by Crippen LogP contribution is 2.48. The molecule has 0 N–H and O–H groups in total. The van der Waals surface area contributed by atoms with Crippen molar-refractivity contribution in [3.8, 4) is 4.90 Å². The van der Waals surface area contributed by atoms with E-state index in [9.17, 15) is 0 Å². The van der Waals surface area contributed by atoms with Gasteiger partial charge in [-0.15, -0.1) is 0 Å². The van der Waals surface area contributed by atoms with Gasteiger partial charge in [0.2, 0.25) is 0 Å². The van der Waals surface area contributed by atoms with Gasteiger partial charge in [0.1, 0.15) is 0 Å². The van der Waals surface area contributed by atoms with Crippen molar-refractivity contribution in [1.29, 1.82) is 0 Å². The maximum Gasteiger partial charge on any atom is 0.187 e. The Hall–Kier alpha value is -0.660. The molecule has 0 saturated heterocycles. The molecule has 0 unspecified atom stereocenters. The summed E-state index contributed by atoms with van der Waals surface area (Å²) < 4.78 is 5.52. The second-order valence-corrected chi connectivity index (χ2v) is 9.85. The first-order valence-corrected chi connectivity index (χ1v) is 10.4. The summed E-state index contributed by atoms with van der Waals surface area (Å²) in [6.45, 7) is 2.15. The molecule has 0 amide bonds. The van der Waals surface area contributed by atoms with Crippen LogP contribution in [0.4, 0.5) is 0 Å². The van der Waals surface area contributed by atoms with E-state index in [-0.39, 0.29) is 10.5 Å². The van der Waals surface area contributed by atoms with Crippen LogP contribution in [0.25, 0.3) is 25.1 Å².